The predicted octanol–water partition coefficient (Wildman–Crippen LogP) is 1.07. The van der Waals surface area contributed by atoms with Gasteiger partial charge in [0.05, 0.1) is 18.0 Å². The maximum absolute atomic E-state index is 12.1. The number of carbonyl (C=O) groups is 2. The Balaban J connectivity index is 1.67. The lowest BCUT2D eigenvalue weighted by Crippen LogP contribution is -3.12. The van der Waals surface area contributed by atoms with Crippen molar-refractivity contribution in [2.75, 3.05) is 19.6 Å². The fourth-order valence-electron chi connectivity index (χ4n) is 3.43. The van der Waals surface area contributed by atoms with Gasteiger partial charge in [0, 0.05) is 18.5 Å². The number of carbonyl (C=O) groups excluding carboxylic acids is 2. The van der Waals surface area contributed by atoms with Gasteiger partial charge in [0.15, 0.2) is 0 Å². The molecule has 0 saturated carbocycles. The second-order valence-corrected chi connectivity index (χ2v) is 7.62. The summed E-state index contributed by atoms with van der Waals surface area (Å²) in [7, 11) is 0. The zero-order valence-corrected chi connectivity index (χ0v) is 15.9. The molecule has 3 rings (SSSR count). The molecule has 1 aliphatic rings. The van der Waals surface area contributed by atoms with E-state index in [1.165, 1.54) is 20.9 Å². The molecule has 2 heterocycles. The van der Waals surface area contributed by atoms with Crippen LogP contribution in [0.1, 0.15) is 35.4 Å². The van der Waals surface area contributed by atoms with Crippen molar-refractivity contribution in [3.8, 4) is 0 Å². The maximum atomic E-state index is 12.1. The molecule has 5 nitrogen and oxygen atoms in total. The highest BCUT2D eigenvalue weighted by molar-refractivity contribution is 7.10. The SMILES string of the molecule is CCCNC(=O)C(=O)NC[C@H](c1cccs1)[NH+]1CCc2ccccc2C1. The number of thiophene rings is 1. The monoisotopic (exact) mass is 372 g/mol. The quantitative estimate of drug-likeness (QED) is 0.665. The Morgan fingerprint density at radius 1 is 1.12 bits per heavy atom. The molecule has 0 saturated heterocycles. The van der Waals surface area contributed by atoms with Gasteiger partial charge in [-0.25, -0.2) is 0 Å². The average Bonchev–Trinajstić information content (AvgIpc) is 3.20. The molecular weight excluding hydrogens is 346 g/mol. The zero-order valence-electron chi connectivity index (χ0n) is 15.1. The van der Waals surface area contributed by atoms with Gasteiger partial charge in [-0.15, -0.1) is 11.3 Å². The van der Waals surface area contributed by atoms with Crippen LogP contribution in [-0.2, 0) is 22.6 Å². The van der Waals surface area contributed by atoms with Crippen molar-refractivity contribution in [1.82, 2.24) is 10.6 Å². The minimum atomic E-state index is -0.546. The first kappa shape index (κ1) is 18.6. The molecule has 1 aromatic carbocycles. The zero-order chi connectivity index (χ0) is 18.4. The van der Waals surface area contributed by atoms with E-state index in [-0.39, 0.29) is 6.04 Å². The number of rotatable bonds is 6. The van der Waals surface area contributed by atoms with Crippen molar-refractivity contribution < 1.29 is 14.5 Å². The molecule has 1 unspecified atom stereocenters. The Labute approximate surface area is 158 Å². The third-order valence-corrected chi connectivity index (χ3v) is 5.83. The van der Waals surface area contributed by atoms with Crippen molar-refractivity contribution in [3.63, 3.8) is 0 Å². The molecule has 0 bridgehead atoms. The third-order valence-electron chi connectivity index (χ3n) is 4.84. The molecule has 2 amide bonds. The number of quaternary nitrogens is 1. The molecule has 1 aromatic heterocycles. The summed E-state index contributed by atoms with van der Waals surface area (Å²) in [5.74, 6) is -1.09. The van der Waals surface area contributed by atoms with Gasteiger partial charge < -0.3 is 15.5 Å². The summed E-state index contributed by atoms with van der Waals surface area (Å²) in [6, 6.07) is 12.9. The Bertz CT molecular complexity index is 745. The van der Waals surface area contributed by atoms with Crippen molar-refractivity contribution in [1.29, 1.82) is 0 Å². The minimum Gasteiger partial charge on any atom is -0.348 e. The van der Waals surface area contributed by atoms with Crippen molar-refractivity contribution in [2.24, 2.45) is 0 Å². The topological polar surface area (TPSA) is 62.6 Å². The summed E-state index contributed by atoms with van der Waals surface area (Å²) in [5.41, 5.74) is 2.80. The van der Waals surface area contributed by atoms with Crippen LogP contribution in [0.25, 0.3) is 0 Å². The van der Waals surface area contributed by atoms with Crippen LogP contribution in [0.3, 0.4) is 0 Å². The summed E-state index contributed by atoms with van der Waals surface area (Å²) in [6.45, 7) is 4.92. The Hall–Kier alpha value is -2.18. The standard InChI is InChI=1S/C20H25N3O2S/c1-2-10-21-19(24)20(25)22-13-17(18-8-5-12-26-18)23-11-9-15-6-3-4-7-16(15)14-23/h3-8,12,17H,2,9-11,13-14H2,1H3,(H,21,24)(H,22,25)/p+1/t17-/m1/s1. The van der Waals surface area contributed by atoms with Crippen LogP contribution < -0.4 is 15.5 Å². The summed E-state index contributed by atoms with van der Waals surface area (Å²) < 4.78 is 0. The summed E-state index contributed by atoms with van der Waals surface area (Å²) >= 11 is 1.71. The van der Waals surface area contributed by atoms with Crippen molar-refractivity contribution in [2.45, 2.75) is 32.4 Å². The van der Waals surface area contributed by atoms with Crippen LogP contribution in [0.15, 0.2) is 41.8 Å². The molecule has 138 valence electrons. The van der Waals surface area contributed by atoms with Crippen LogP contribution in [0.5, 0.6) is 0 Å². The number of amides is 2. The third kappa shape index (κ3) is 4.51. The second-order valence-electron chi connectivity index (χ2n) is 6.64. The van der Waals surface area contributed by atoms with Crippen LogP contribution >= 0.6 is 11.3 Å². The van der Waals surface area contributed by atoms with Gasteiger partial charge in [0.1, 0.15) is 12.6 Å². The number of fused-ring (bicyclic) bond motifs is 1. The number of hydrogen-bond acceptors (Lipinski definition) is 3. The number of nitrogens with one attached hydrogen (secondary N) is 3. The Morgan fingerprint density at radius 2 is 1.88 bits per heavy atom. The number of benzene rings is 1. The molecule has 2 aromatic rings. The Kier molecular flexibility index (Phi) is 6.41. The Morgan fingerprint density at radius 3 is 2.62 bits per heavy atom. The fourth-order valence-corrected chi connectivity index (χ4v) is 4.31. The lowest BCUT2D eigenvalue weighted by Gasteiger charge is -2.32. The van der Waals surface area contributed by atoms with Gasteiger partial charge >= 0.3 is 11.8 Å². The van der Waals surface area contributed by atoms with E-state index in [0.29, 0.717) is 13.1 Å². The van der Waals surface area contributed by atoms with Gasteiger partial charge in [-0.2, -0.15) is 0 Å². The number of hydrogen-bond donors (Lipinski definition) is 3. The van der Waals surface area contributed by atoms with Crippen LogP contribution in [0, 0.1) is 0 Å². The van der Waals surface area contributed by atoms with E-state index < -0.39 is 11.8 Å². The van der Waals surface area contributed by atoms with Gasteiger partial charge in [-0.05, 0) is 23.4 Å². The highest BCUT2D eigenvalue weighted by Gasteiger charge is 2.30. The fraction of sp³-hybridized carbons (Fsp3) is 0.400. The largest absolute Gasteiger partial charge is 0.348 e. The van der Waals surface area contributed by atoms with E-state index in [2.05, 4.69) is 46.3 Å². The second kappa shape index (κ2) is 8.96. The molecule has 1 aliphatic heterocycles. The molecule has 0 fully saturated rings. The molecule has 6 heteroatoms. The van der Waals surface area contributed by atoms with Gasteiger partial charge in [-0.1, -0.05) is 37.3 Å². The highest BCUT2D eigenvalue weighted by Crippen LogP contribution is 2.18. The molecule has 0 radical (unpaired) electrons. The smallest absolute Gasteiger partial charge is 0.309 e. The van der Waals surface area contributed by atoms with E-state index >= 15 is 0 Å². The van der Waals surface area contributed by atoms with E-state index in [1.54, 1.807) is 11.3 Å². The van der Waals surface area contributed by atoms with E-state index in [9.17, 15) is 9.59 Å². The molecule has 3 N–H and O–H groups in total. The average molecular weight is 373 g/mol. The van der Waals surface area contributed by atoms with Gasteiger partial charge in [0.2, 0.25) is 0 Å². The minimum absolute atomic E-state index is 0.159. The molecule has 0 aliphatic carbocycles. The molecular formula is C20H26N3O2S+. The molecule has 2 atom stereocenters. The maximum Gasteiger partial charge on any atom is 0.309 e. The first-order chi connectivity index (χ1) is 12.7. The van der Waals surface area contributed by atoms with E-state index in [1.807, 2.05) is 13.0 Å². The first-order valence-corrected chi connectivity index (χ1v) is 10.1. The van der Waals surface area contributed by atoms with Crippen LogP contribution in [0.2, 0.25) is 0 Å². The van der Waals surface area contributed by atoms with E-state index in [0.717, 1.165) is 25.9 Å². The summed E-state index contributed by atoms with van der Waals surface area (Å²) in [4.78, 5) is 26.6. The highest BCUT2D eigenvalue weighted by atomic mass is 32.1. The lowest BCUT2D eigenvalue weighted by atomic mass is 9.98. The van der Waals surface area contributed by atoms with Crippen molar-refractivity contribution in [3.05, 3.63) is 57.8 Å². The van der Waals surface area contributed by atoms with Gasteiger partial charge in [-0.3, -0.25) is 9.59 Å². The normalized spacial score (nSPS) is 17.2. The molecule has 0 spiro atoms. The van der Waals surface area contributed by atoms with Gasteiger partial charge in [0.25, 0.3) is 0 Å². The van der Waals surface area contributed by atoms with Crippen LogP contribution in [0.4, 0.5) is 0 Å². The summed E-state index contributed by atoms with van der Waals surface area (Å²) in [6.07, 6.45) is 1.85. The van der Waals surface area contributed by atoms with Crippen molar-refractivity contribution >= 4 is 23.2 Å². The lowest BCUT2D eigenvalue weighted by molar-refractivity contribution is -0.945. The summed E-state index contributed by atoms with van der Waals surface area (Å²) in [5, 5.41) is 7.53. The van der Waals surface area contributed by atoms with Crippen LogP contribution in [-0.4, -0.2) is 31.4 Å². The molecule has 26 heavy (non-hydrogen) atoms. The first-order valence-electron chi connectivity index (χ1n) is 9.19. The van der Waals surface area contributed by atoms with E-state index in [4.69, 9.17) is 0 Å². The predicted molar refractivity (Wildman–Crippen MR) is 103 cm³/mol.